The number of aliphatic imine (C=N–C) groups is 2. The van der Waals surface area contributed by atoms with Crippen molar-refractivity contribution in [2.75, 3.05) is 23.3 Å². The number of hydrogen-bond acceptors (Lipinski definition) is 9. The van der Waals surface area contributed by atoms with Gasteiger partial charge in [0.05, 0.1) is 5.69 Å². The van der Waals surface area contributed by atoms with Gasteiger partial charge in [0.15, 0.2) is 11.4 Å². The van der Waals surface area contributed by atoms with Gasteiger partial charge in [0.25, 0.3) is 0 Å². The number of allylic oxidation sites excluding steroid dienone is 6. The quantitative estimate of drug-likeness (QED) is 0.0332. The van der Waals surface area contributed by atoms with Gasteiger partial charge in [-0.15, -0.1) is 0 Å². The van der Waals surface area contributed by atoms with Gasteiger partial charge < -0.3 is 19.5 Å². The molecule has 0 heterocycles. The van der Waals surface area contributed by atoms with Crippen LogP contribution in [-0.4, -0.2) is 59.6 Å². The van der Waals surface area contributed by atoms with Crippen LogP contribution in [-0.2, 0) is 14.2 Å². The lowest BCUT2D eigenvalue weighted by Crippen LogP contribution is -2.71. The van der Waals surface area contributed by atoms with Gasteiger partial charge in [-0.25, -0.2) is 24.4 Å². The molecule has 430 valence electrons. The molecule has 7 N–H and O–H groups in total. The molecule has 4 aromatic rings. The number of carbonyl (C=O) groups is 3. The van der Waals surface area contributed by atoms with Crippen LogP contribution in [0.4, 0.5) is 59.9 Å². The Hall–Kier alpha value is -7.29. The molecule has 3 amide bonds. The average Bonchev–Trinajstić information content (AvgIpc) is 3.40. The molecule has 2 aliphatic carbocycles. The van der Waals surface area contributed by atoms with E-state index in [0.29, 0.717) is 25.1 Å². The predicted molar refractivity (Wildman–Crippen MR) is 329 cm³/mol. The second kappa shape index (κ2) is 29.8. The number of benzene rings is 4. The summed E-state index contributed by atoms with van der Waals surface area (Å²) >= 11 is 0. The van der Waals surface area contributed by atoms with Crippen LogP contribution in [0.25, 0.3) is 0 Å². The molecule has 0 unspecified atom stereocenters. The summed E-state index contributed by atoms with van der Waals surface area (Å²) in [5.41, 5.74) is 12.8. The summed E-state index contributed by atoms with van der Waals surface area (Å²) in [6.45, 7) is 30.3. The van der Waals surface area contributed by atoms with Crippen LogP contribution in [0.2, 0.25) is 0 Å². The number of anilines is 2. The lowest BCUT2D eigenvalue weighted by Gasteiger charge is -2.29. The third-order valence-corrected chi connectivity index (χ3v) is 12.8. The summed E-state index contributed by atoms with van der Waals surface area (Å²) in [6.07, 6.45) is 15.0. The van der Waals surface area contributed by atoms with Crippen molar-refractivity contribution in [3.8, 4) is 0 Å². The van der Waals surface area contributed by atoms with Crippen LogP contribution in [0.3, 0.4) is 0 Å². The van der Waals surface area contributed by atoms with Gasteiger partial charge in [0.2, 0.25) is 0 Å². The number of nitrogens with two attached hydrogens (primary N) is 2. The number of alkyl carbamates (subject to hydrolysis) is 2. The first-order chi connectivity index (χ1) is 37.9. The number of aryl methyl sites for hydroxylation is 1. The third-order valence-electron chi connectivity index (χ3n) is 12.8. The van der Waals surface area contributed by atoms with Crippen LogP contribution in [0.1, 0.15) is 159 Å². The van der Waals surface area contributed by atoms with E-state index in [-0.39, 0.29) is 6.09 Å². The molecule has 0 spiro atoms. The molecule has 0 bridgehead atoms. The molecule has 2 aliphatic rings. The minimum atomic E-state index is -0.667. The molecule has 4 aromatic carbocycles. The summed E-state index contributed by atoms with van der Waals surface area (Å²) in [5.74, 6) is 0. The normalized spacial score (nSPS) is 14.6. The lowest BCUT2D eigenvalue weighted by atomic mass is 10.0. The standard InChI is InChI=1S/C64H84N8O6.C2H6/c1-43-39-49(31-33-51(43)70-59(73)76-62(5,6)7)67-54-36-35-53(46(4)58(54)69-48-29-23-20-24-30-48)65-37-25-17-15-14-16-18-26-38-72(61(75)78-64(11,12)13)57-42-56(66-47-27-21-19-22-28-47)55(41-45(57)3)68-50-32-34-52(44(2)40-50)71-60(74)77-63(8,9)10;1-2/h19-24,27-30,33-36,39-42,65-66,69H,14-18,25-26,31-32,37-38H2,1-13H3,(H,70,73)(H,71,74);1-2H3/p+2. The van der Waals surface area contributed by atoms with Crippen molar-refractivity contribution < 1.29 is 39.2 Å². The molecule has 14 nitrogen and oxygen atoms in total. The van der Waals surface area contributed by atoms with Crippen molar-refractivity contribution in [2.45, 2.75) is 178 Å². The van der Waals surface area contributed by atoms with E-state index in [1.807, 2.05) is 158 Å². The van der Waals surface area contributed by atoms with E-state index in [9.17, 15) is 14.4 Å². The number of quaternary nitrogens is 2. The topological polar surface area (TPSA) is 176 Å². The van der Waals surface area contributed by atoms with Gasteiger partial charge in [0, 0.05) is 66.1 Å². The average molecular weight is 1090 g/mol. The molecule has 0 atom stereocenters. The SMILES string of the molecule is CC.CC1=CC(=Nc2cc(C)c(N(CCCCCCCCCNc3ccc(N=C4C=C(C)C(NC(=O)OC(C)(C)C)=CC4)c([NH2+]c4ccccc4)c3C)C(=O)OC(C)(C)C)cc2[NH2+]c2ccccc2)CC=C1NC(=O)OC(C)(C)C. The molecule has 0 radical (unpaired) electrons. The van der Waals surface area contributed by atoms with Crippen LogP contribution in [0.5, 0.6) is 0 Å². The first-order valence-corrected chi connectivity index (χ1v) is 28.6. The zero-order chi connectivity index (χ0) is 58.6. The van der Waals surface area contributed by atoms with Crippen molar-refractivity contribution in [3.05, 3.63) is 143 Å². The van der Waals surface area contributed by atoms with Gasteiger partial charge >= 0.3 is 18.3 Å². The van der Waals surface area contributed by atoms with Gasteiger partial charge in [0.1, 0.15) is 39.6 Å². The Kier molecular flexibility index (Phi) is 23.7. The van der Waals surface area contributed by atoms with Crippen LogP contribution < -0.4 is 31.5 Å². The number of ether oxygens (including phenoxy) is 3. The van der Waals surface area contributed by atoms with E-state index in [0.717, 1.165) is 136 Å². The first kappa shape index (κ1) is 63.5. The molecule has 0 saturated carbocycles. The van der Waals surface area contributed by atoms with Crippen molar-refractivity contribution in [2.24, 2.45) is 9.98 Å². The maximum Gasteiger partial charge on any atom is 0.414 e. The van der Waals surface area contributed by atoms with E-state index < -0.39 is 29.0 Å². The fourth-order valence-corrected chi connectivity index (χ4v) is 9.06. The van der Waals surface area contributed by atoms with Crippen LogP contribution in [0.15, 0.2) is 142 Å². The highest BCUT2D eigenvalue weighted by atomic mass is 16.6. The smallest absolute Gasteiger partial charge is 0.414 e. The number of nitrogens with zero attached hydrogens (tertiary/aromatic N) is 3. The highest BCUT2D eigenvalue weighted by Gasteiger charge is 2.27. The van der Waals surface area contributed by atoms with E-state index in [1.165, 1.54) is 0 Å². The molecule has 0 aromatic heterocycles. The van der Waals surface area contributed by atoms with Crippen molar-refractivity contribution in [1.29, 1.82) is 0 Å². The monoisotopic (exact) mass is 1090 g/mol. The molecular weight excluding hydrogens is 1000 g/mol. The molecular formula is C66H92N8O6+2. The maximum absolute atomic E-state index is 14.1. The highest BCUT2D eigenvalue weighted by Crippen LogP contribution is 2.35. The Labute approximate surface area is 477 Å². The van der Waals surface area contributed by atoms with Crippen LogP contribution >= 0.6 is 0 Å². The zero-order valence-electron chi connectivity index (χ0n) is 50.6. The lowest BCUT2D eigenvalue weighted by molar-refractivity contribution is -0.478. The Morgan fingerprint density at radius 1 is 0.575 bits per heavy atom. The first-order valence-electron chi connectivity index (χ1n) is 28.6. The number of para-hydroxylation sites is 2. The molecule has 0 saturated heterocycles. The van der Waals surface area contributed by atoms with E-state index in [4.69, 9.17) is 24.2 Å². The number of hydrogen-bond donors (Lipinski definition) is 5. The fourth-order valence-electron chi connectivity index (χ4n) is 9.06. The Morgan fingerprint density at radius 2 is 1.05 bits per heavy atom. The number of amides is 3. The third kappa shape index (κ3) is 21.1. The number of unbranched alkanes of at least 4 members (excludes halogenated alkanes) is 6. The Balaban J connectivity index is 0.00000581. The number of rotatable bonds is 20. The van der Waals surface area contributed by atoms with Crippen molar-refractivity contribution >= 4 is 75.2 Å². The van der Waals surface area contributed by atoms with Gasteiger partial charge in [-0.3, -0.25) is 26.2 Å². The number of carbonyl (C=O) groups excluding carboxylic acids is 3. The second-order valence-electron chi connectivity index (χ2n) is 23.3. The van der Waals surface area contributed by atoms with Gasteiger partial charge in [-0.1, -0.05) is 94.5 Å². The van der Waals surface area contributed by atoms with E-state index in [1.54, 1.807) is 4.90 Å². The fraction of sp³-hybridized carbons (Fsp3) is 0.439. The van der Waals surface area contributed by atoms with E-state index in [2.05, 4.69) is 82.0 Å². The van der Waals surface area contributed by atoms with E-state index >= 15 is 0 Å². The summed E-state index contributed by atoms with van der Waals surface area (Å²) in [4.78, 5) is 51.2. The molecule has 80 heavy (non-hydrogen) atoms. The van der Waals surface area contributed by atoms with Gasteiger partial charge in [-0.05, 0) is 174 Å². The Morgan fingerprint density at radius 3 is 1.55 bits per heavy atom. The molecule has 14 heteroatoms. The minimum absolute atomic E-state index is 0.370. The number of nitrogens with one attached hydrogen (secondary N) is 3. The maximum atomic E-state index is 14.1. The molecule has 0 fully saturated rings. The minimum Gasteiger partial charge on any atom is -0.444 e. The Bertz CT molecular complexity index is 2930. The summed E-state index contributed by atoms with van der Waals surface area (Å²) in [5, 5.41) is 13.8. The summed E-state index contributed by atoms with van der Waals surface area (Å²) < 4.78 is 17.0. The van der Waals surface area contributed by atoms with Crippen molar-refractivity contribution in [1.82, 2.24) is 10.6 Å². The zero-order valence-corrected chi connectivity index (χ0v) is 50.6. The van der Waals surface area contributed by atoms with Crippen LogP contribution in [0, 0.1) is 13.8 Å². The van der Waals surface area contributed by atoms with Crippen molar-refractivity contribution in [3.63, 3.8) is 0 Å². The molecule has 0 aliphatic heterocycles. The summed E-state index contributed by atoms with van der Waals surface area (Å²) in [6, 6.07) is 28.8. The predicted octanol–water partition coefficient (Wildman–Crippen LogP) is 15.6. The highest BCUT2D eigenvalue weighted by molar-refractivity contribution is 6.02. The second-order valence-corrected chi connectivity index (χ2v) is 23.3. The summed E-state index contributed by atoms with van der Waals surface area (Å²) in [7, 11) is 0. The largest absolute Gasteiger partial charge is 0.444 e. The van der Waals surface area contributed by atoms with Gasteiger partial charge in [-0.2, -0.15) is 0 Å². The molecule has 6 rings (SSSR count).